The van der Waals surface area contributed by atoms with Gasteiger partial charge in [0.05, 0.1) is 16.5 Å². The van der Waals surface area contributed by atoms with Gasteiger partial charge in [-0.25, -0.2) is 4.39 Å². The number of hydrogen-bond acceptors (Lipinski definition) is 5. The molecule has 1 unspecified atom stereocenters. The number of amides is 1. The molecule has 31 heavy (non-hydrogen) atoms. The first-order chi connectivity index (χ1) is 14.9. The van der Waals surface area contributed by atoms with Gasteiger partial charge in [-0.15, -0.1) is 0 Å². The number of carbonyl (C=O) groups is 2. The highest BCUT2D eigenvalue weighted by Gasteiger charge is 2.47. The number of rotatable bonds is 4. The van der Waals surface area contributed by atoms with Crippen molar-refractivity contribution in [2.24, 2.45) is 0 Å². The quantitative estimate of drug-likeness (QED) is 0.223. The van der Waals surface area contributed by atoms with Crippen LogP contribution in [0.5, 0.6) is 0 Å². The molecule has 1 amide bonds. The third-order valence-electron chi connectivity index (χ3n) is 4.99. The summed E-state index contributed by atoms with van der Waals surface area (Å²) in [5.41, 5.74) is 0.347. The zero-order valence-electron chi connectivity index (χ0n) is 15.9. The van der Waals surface area contributed by atoms with E-state index in [-0.39, 0.29) is 22.5 Å². The molecule has 3 aromatic rings. The molecule has 0 aliphatic carbocycles. The number of halogens is 1. The van der Waals surface area contributed by atoms with Crippen molar-refractivity contribution < 1.29 is 24.0 Å². The summed E-state index contributed by atoms with van der Waals surface area (Å²) in [6.45, 7) is 0. The van der Waals surface area contributed by atoms with Crippen LogP contribution >= 0.6 is 0 Å². The lowest BCUT2D eigenvalue weighted by molar-refractivity contribution is -0.384. The highest BCUT2D eigenvalue weighted by atomic mass is 19.1. The molecule has 7 nitrogen and oxygen atoms in total. The van der Waals surface area contributed by atoms with E-state index in [2.05, 4.69) is 0 Å². The summed E-state index contributed by atoms with van der Waals surface area (Å²) in [6, 6.07) is 17.5. The van der Waals surface area contributed by atoms with Gasteiger partial charge in [-0.2, -0.15) is 0 Å². The Balaban J connectivity index is 1.97. The predicted octanol–water partition coefficient (Wildman–Crippen LogP) is 4.36. The zero-order chi connectivity index (χ0) is 22.1. The van der Waals surface area contributed by atoms with E-state index in [1.165, 1.54) is 36.4 Å². The first kappa shape index (κ1) is 20.0. The van der Waals surface area contributed by atoms with Crippen molar-refractivity contribution in [3.8, 4) is 0 Å². The second-order valence-electron chi connectivity index (χ2n) is 6.86. The highest BCUT2D eigenvalue weighted by molar-refractivity contribution is 6.51. The first-order valence-electron chi connectivity index (χ1n) is 9.25. The third kappa shape index (κ3) is 3.55. The standard InChI is InChI=1S/C23H15FN2O5/c24-16-9-11-17(12-10-16)25-20(15-7-4-8-18(13-15)26(30)31)19(22(28)23(25)29)21(27)14-5-2-1-3-6-14/h1-13,20,27H/b21-19+. The summed E-state index contributed by atoms with van der Waals surface area (Å²) in [6.07, 6.45) is 0. The molecule has 0 spiro atoms. The van der Waals surface area contributed by atoms with E-state index >= 15 is 0 Å². The van der Waals surface area contributed by atoms with Gasteiger partial charge >= 0.3 is 0 Å². The number of nitro benzene ring substituents is 1. The van der Waals surface area contributed by atoms with Crippen molar-refractivity contribution in [1.82, 2.24) is 0 Å². The van der Waals surface area contributed by atoms with E-state index in [1.54, 1.807) is 30.3 Å². The summed E-state index contributed by atoms with van der Waals surface area (Å²) in [7, 11) is 0. The molecule has 3 aromatic carbocycles. The van der Waals surface area contributed by atoms with E-state index in [0.29, 0.717) is 5.56 Å². The molecule has 1 aliphatic heterocycles. The maximum Gasteiger partial charge on any atom is 0.300 e. The molecular formula is C23H15FN2O5. The van der Waals surface area contributed by atoms with Crippen molar-refractivity contribution in [3.63, 3.8) is 0 Å². The molecule has 0 saturated carbocycles. The Labute approximate surface area is 175 Å². The molecular weight excluding hydrogens is 403 g/mol. The average molecular weight is 418 g/mol. The van der Waals surface area contributed by atoms with Gasteiger partial charge < -0.3 is 5.11 Å². The topological polar surface area (TPSA) is 101 Å². The number of aliphatic hydroxyl groups excluding tert-OH is 1. The average Bonchev–Trinajstić information content (AvgIpc) is 3.05. The van der Waals surface area contributed by atoms with Crippen molar-refractivity contribution in [1.29, 1.82) is 0 Å². The van der Waals surface area contributed by atoms with E-state index in [0.717, 1.165) is 17.0 Å². The van der Waals surface area contributed by atoms with E-state index in [4.69, 9.17) is 0 Å². The molecule has 1 N–H and O–H groups in total. The SMILES string of the molecule is O=C1C(=O)N(c2ccc(F)cc2)C(c2cccc([N+](=O)[O-])c2)/C1=C(\O)c1ccccc1. The van der Waals surface area contributed by atoms with Crippen LogP contribution < -0.4 is 4.90 Å². The number of hydrogen-bond donors (Lipinski definition) is 1. The fraction of sp³-hybridized carbons (Fsp3) is 0.0435. The van der Waals surface area contributed by atoms with Gasteiger partial charge in [0.2, 0.25) is 0 Å². The van der Waals surface area contributed by atoms with Crippen molar-refractivity contribution in [2.75, 3.05) is 4.90 Å². The molecule has 1 fully saturated rings. The maximum atomic E-state index is 13.4. The molecule has 1 heterocycles. The van der Waals surface area contributed by atoms with Crippen molar-refractivity contribution in [2.45, 2.75) is 6.04 Å². The monoisotopic (exact) mass is 418 g/mol. The second-order valence-corrected chi connectivity index (χ2v) is 6.86. The van der Waals surface area contributed by atoms with Crippen LogP contribution in [-0.2, 0) is 9.59 Å². The Bertz CT molecular complexity index is 1220. The Kier molecular flexibility index (Phi) is 5.04. The normalized spacial score (nSPS) is 17.7. The number of aliphatic hydroxyl groups is 1. The number of anilines is 1. The zero-order valence-corrected chi connectivity index (χ0v) is 15.9. The molecule has 8 heteroatoms. The van der Waals surface area contributed by atoms with Crippen LogP contribution in [0, 0.1) is 15.9 Å². The van der Waals surface area contributed by atoms with E-state index in [1.807, 2.05) is 0 Å². The first-order valence-corrected chi connectivity index (χ1v) is 9.25. The summed E-state index contributed by atoms with van der Waals surface area (Å²) in [5.74, 6) is -2.81. The van der Waals surface area contributed by atoms with Gasteiger partial charge in [0.1, 0.15) is 11.6 Å². The number of benzene rings is 3. The number of carbonyl (C=O) groups excluding carboxylic acids is 2. The van der Waals surface area contributed by atoms with Crippen molar-refractivity contribution >= 4 is 28.8 Å². The van der Waals surface area contributed by atoms with Gasteiger partial charge in [0, 0.05) is 23.4 Å². The van der Waals surface area contributed by atoms with Gasteiger partial charge in [-0.3, -0.25) is 24.6 Å². The summed E-state index contributed by atoms with van der Waals surface area (Å²) >= 11 is 0. The fourth-order valence-electron chi connectivity index (χ4n) is 3.58. The molecule has 1 aliphatic rings. The minimum Gasteiger partial charge on any atom is -0.507 e. The Morgan fingerprint density at radius 2 is 1.65 bits per heavy atom. The minimum absolute atomic E-state index is 0.207. The molecule has 0 aromatic heterocycles. The van der Waals surface area contributed by atoms with E-state index < -0.39 is 34.2 Å². The highest BCUT2D eigenvalue weighted by Crippen LogP contribution is 2.42. The van der Waals surface area contributed by atoms with Crippen LogP contribution in [0.25, 0.3) is 5.76 Å². The Morgan fingerprint density at radius 3 is 2.29 bits per heavy atom. The number of ketones is 1. The van der Waals surface area contributed by atoms with Gasteiger partial charge in [0.25, 0.3) is 17.4 Å². The molecule has 0 bridgehead atoms. The molecule has 154 valence electrons. The van der Waals surface area contributed by atoms with Crippen LogP contribution in [0.1, 0.15) is 17.2 Å². The smallest absolute Gasteiger partial charge is 0.300 e. The number of Topliss-reactive ketones (excluding diaryl/α,β-unsaturated/α-hetero) is 1. The lowest BCUT2D eigenvalue weighted by atomic mass is 9.95. The third-order valence-corrected chi connectivity index (χ3v) is 4.99. The lowest BCUT2D eigenvalue weighted by Crippen LogP contribution is -2.29. The second kappa shape index (κ2) is 7.83. The van der Waals surface area contributed by atoms with Crippen LogP contribution in [0.4, 0.5) is 15.8 Å². The van der Waals surface area contributed by atoms with Crippen LogP contribution in [0.15, 0.2) is 84.4 Å². The largest absolute Gasteiger partial charge is 0.507 e. The molecule has 0 radical (unpaired) electrons. The summed E-state index contributed by atoms with van der Waals surface area (Å²) in [5, 5.41) is 22.2. The van der Waals surface area contributed by atoms with Gasteiger partial charge in [-0.05, 0) is 29.8 Å². The predicted molar refractivity (Wildman–Crippen MR) is 111 cm³/mol. The lowest BCUT2D eigenvalue weighted by Gasteiger charge is -2.25. The Morgan fingerprint density at radius 1 is 0.968 bits per heavy atom. The fourth-order valence-corrected chi connectivity index (χ4v) is 3.58. The number of nitrogens with zero attached hydrogens (tertiary/aromatic N) is 2. The van der Waals surface area contributed by atoms with Crippen LogP contribution in [-0.4, -0.2) is 21.7 Å². The van der Waals surface area contributed by atoms with Crippen molar-refractivity contribution in [3.05, 3.63) is 111 Å². The molecule has 1 saturated heterocycles. The van der Waals surface area contributed by atoms with Gasteiger partial charge in [-0.1, -0.05) is 42.5 Å². The summed E-state index contributed by atoms with van der Waals surface area (Å²) < 4.78 is 13.4. The Hall–Kier alpha value is -4.33. The molecule has 4 rings (SSSR count). The number of nitro groups is 1. The van der Waals surface area contributed by atoms with E-state index in [9.17, 15) is 29.2 Å². The van der Waals surface area contributed by atoms with Crippen LogP contribution in [0.2, 0.25) is 0 Å². The van der Waals surface area contributed by atoms with Crippen LogP contribution in [0.3, 0.4) is 0 Å². The summed E-state index contributed by atoms with van der Waals surface area (Å²) in [4.78, 5) is 37.7. The minimum atomic E-state index is -1.13. The maximum absolute atomic E-state index is 13.4. The van der Waals surface area contributed by atoms with Gasteiger partial charge in [0.15, 0.2) is 0 Å². The number of non-ortho nitro benzene ring substituents is 1. The molecule has 1 atom stereocenters.